The molecule has 186 valence electrons. The van der Waals surface area contributed by atoms with Gasteiger partial charge in [0.05, 0.1) is 34.4 Å². The summed E-state index contributed by atoms with van der Waals surface area (Å²) < 4.78 is 33.3. The molecule has 0 aromatic rings. The lowest BCUT2D eigenvalue weighted by Gasteiger charge is -2.24. The second-order valence-electron chi connectivity index (χ2n) is 9.10. The van der Waals surface area contributed by atoms with Gasteiger partial charge in [-0.3, -0.25) is 13.8 Å². The molecule has 8 nitrogen and oxygen atoms in total. The largest absolute Gasteiger partial charge is 0.472 e. The Hall–Kier alpha value is -0.500. The van der Waals surface area contributed by atoms with Gasteiger partial charge in [0.1, 0.15) is 19.3 Å². The summed E-state index contributed by atoms with van der Waals surface area (Å²) in [6.45, 7) is 4.59. The van der Waals surface area contributed by atoms with E-state index in [1.54, 1.807) is 0 Å². The number of esters is 1. The summed E-state index contributed by atoms with van der Waals surface area (Å²) in [4.78, 5) is 21.1. The molecule has 0 aromatic carbocycles. The number of ether oxygens (including phenoxy) is 2. The van der Waals surface area contributed by atoms with Crippen molar-refractivity contribution in [1.29, 1.82) is 0 Å². The van der Waals surface area contributed by atoms with Crippen LogP contribution in [-0.4, -0.2) is 75.6 Å². The molecule has 0 aromatic heterocycles. The fourth-order valence-corrected chi connectivity index (χ4v) is 3.64. The highest BCUT2D eigenvalue weighted by Gasteiger charge is 2.25. The van der Waals surface area contributed by atoms with Crippen LogP contribution in [0.4, 0.5) is 0 Å². The summed E-state index contributed by atoms with van der Waals surface area (Å²) in [5.41, 5.74) is 0. The third kappa shape index (κ3) is 22.5. The van der Waals surface area contributed by atoms with Gasteiger partial charge in [-0.1, -0.05) is 64.7 Å². The minimum Gasteiger partial charge on any atom is -0.458 e. The van der Waals surface area contributed by atoms with Gasteiger partial charge in [-0.2, -0.15) is 0 Å². The van der Waals surface area contributed by atoms with Crippen molar-refractivity contribution < 1.29 is 37.3 Å². The average Bonchev–Trinajstić information content (AvgIpc) is 2.65. The molecule has 0 aliphatic rings. The molecule has 0 spiro atoms. The predicted molar refractivity (Wildman–Crippen MR) is 123 cm³/mol. The van der Waals surface area contributed by atoms with Gasteiger partial charge in [0.15, 0.2) is 0 Å². The van der Waals surface area contributed by atoms with Crippen LogP contribution in [0.1, 0.15) is 78.1 Å². The first kappa shape index (κ1) is 30.5. The number of quaternary nitrogens is 1. The molecule has 31 heavy (non-hydrogen) atoms. The van der Waals surface area contributed by atoms with Crippen LogP contribution in [0.25, 0.3) is 0 Å². The van der Waals surface area contributed by atoms with E-state index in [0.29, 0.717) is 17.6 Å². The lowest BCUT2D eigenvalue weighted by molar-refractivity contribution is -0.870. The molecule has 0 heterocycles. The van der Waals surface area contributed by atoms with Gasteiger partial charge in [-0.05, 0) is 6.42 Å². The van der Waals surface area contributed by atoms with Crippen LogP contribution in [0.3, 0.4) is 0 Å². The van der Waals surface area contributed by atoms with E-state index in [-0.39, 0.29) is 19.8 Å². The summed E-state index contributed by atoms with van der Waals surface area (Å²) in [6, 6.07) is 0. The number of phosphoric ester groups is 1. The minimum absolute atomic E-state index is 0.0880. The maximum Gasteiger partial charge on any atom is 0.472 e. The number of hydrogen-bond donors (Lipinski definition) is 1. The number of carbonyl (C=O) groups excluding carboxylic acids is 1. The highest BCUT2D eigenvalue weighted by atomic mass is 31.2. The monoisotopic (exact) mass is 468 g/mol. The molecule has 0 aliphatic heterocycles. The highest BCUT2D eigenvalue weighted by Crippen LogP contribution is 2.43. The number of rotatable bonds is 21. The van der Waals surface area contributed by atoms with Crippen LogP contribution in [0.5, 0.6) is 0 Å². The van der Waals surface area contributed by atoms with Gasteiger partial charge < -0.3 is 18.9 Å². The SMILES string of the molecule is CCCCCCCCCCCCOC[C@H](COP(=O)(O)OCC[N+](C)(C)C)OC(C)=O. The van der Waals surface area contributed by atoms with Crippen molar-refractivity contribution in [1.82, 2.24) is 0 Å². The van der Waals surface area contributed by atoms with E-state index in [4.69, 9.17) is 18.5 Å². The van der Waals surface area contributed by atoms with Crippen molar-refractivity contribution in [2.45, 2.75) is 84.2 Å². The second kappa shape index (κ2) is 18.0. The number of likely N-dealkylation sites (N-methyl/N-ethyl adjacent to an activating group) is 1. The third-order valence-corrected chi connectivity index (χ3v) is 5.70. The van der Waals surface area contributed by atoms with E-state index in [1.807, 2.05) is 21.1 Å². The smallest absolute Gasteiger partial charge is 0.458 e. The van der Waals surface area contributed by atoms with E-state index >= 15 is 0 Å². The zero-order valence-electron chi connectivity index (χ0n) is 20.5. The maximum absolute atomic E-state index is 12.0. The van der Waals surface area contributed by atoms with Crippen LogP contribution >= 0.6 is 7.82 Å². The number of nitrogens with zero attached hydrogens (tertiary/aromatic N) is 1. The Balaban J connectivity index is 3.93. The lowest BCUT2D eigenvalue weighted by atomic mass is 10.1. The first-order valence-corrected chi connectivity index (χ1v) is 13.2. The topological polar surface area (TPSA) is 91.3 Å². The molecule has 1 N–H and O–H groups in total. The molecule has 9 heteroatoms. The Morgan fingerprint density at radius 1 is 0.871 bits per heavy atom. The normalized spacial score (nSPS) is 14.9. The molecular weight excluding hydrogens is 421 g/mol. The summed E-state index contributed by atoms with van der Waals surface area (Å²) >= 11 is 0. The quantitative estimate of drug-likeness (QED) is 0.113. The first-order valence-electron chi connectivity index (χ1n) is 11.7. The minimum atomic E-state index is -4.20. The fraction of sp³-hybridized carbons (Fsp3) is 0.955. The van der Waals surface area contributed by atoms with Crippen molar-refractivity contribution in [3.63, 3.8) is 0 Å². The zero-order chi connectivity index (χ0) is 23.6. The summed E-state index contributed by atoms with van der Waals surface area (Å²) in [7, 11) is 1.66. The van der Waals surface area contributed by atoms with Gasteiger partial charge in [0.25, 0.3) is 0 Å². The third-order valence-electron chi connectivity index (χ3n) is 4.72. The molecule has 0 fully saturated rings. The van der Waals surface area contributed by atoms with Gasteiger partial charge in [0, 0.05) is 13.5 Å². The van der Waals surface area contributed by atoms with E-state index in [2.05, 4.69) is 6.92 Å². The molecule has 0 bridgehead atoms. The van der Waals surface area contributed by atoms with Crippen LogP contribution in [-0.2, 0) is 27.9 Å². The van der Waals surface area contributed by atoms with Crippen molar-refractivity contribution in [2.75, 3.05) is 54.1 Å². The number of phosphoric acid groups is 1. The molecule has 2 atom stereocenters. The van der Waals surface area contributed by atoms with Crippen LogP contribution in [0.15, 0.2) is 0 Å². The first-order chi connectivity index (χ1) is 14.6. The molecule has 1 unspecified atom stereocenters. The fourth-order valence-electron chi connectivity index (χ4n) is 2.90. The van der Waals surface area contributed by atoms with E-state index < -0.39 is 19.9 Å². The summed E-state index contributed by atoms with van der Waals surface area (Å²) in [5, 5.41) is 0. The lowest BCUT2D eigenvalue weighted by Crippen LogP contribution is -2.37. The molecular formula is C22H47NO7P+. The Bertz CT molecular complexity index is 497. The zero-order valence-corrected chi connectivity index (χ0v) is 21.4. The molecule has 0 saturated carbocycles. The van der Waals surface area contributed by atoms with E-state index in [0.717, 1.165) is 12.8 Å². The standard InChI is InChI=1S/C22H46NO7P/c1-6-7-8-9-10-11-12-13-14-15-17-27-19-22(30-21(2)24)20-29-31(25,26)28-18-16-23(3,4)5/h22H,6-20H2,1-5H3/p+1/t22-/m1/s1. The summed E-state index contributed by atoms with van der Waals surface area (Å²) in [6.07, 6.45) is 11.7. The van der Waals surface area contributed by atoms with Crippen molar-refractivity contribution in [3.05, 3.63) is 0 Å². The van der Waals surface area contributed by atoms with Gasteiger partial charge in [-0.15, -0.1) is 0 Å². The average molecular weight is 469 g/mol. The maximum atomic E-state index is 12.0. The summed E-state index contributed by atoms with van der Waals surface area (Å²) in [5.74, 6) is -0.491. The van der Waals surface area contributed by atoms with Gasteiger partial charge >= 0.3 is 13.8 Å². The van der Waals surface area contributed by atoms with Crippen LogP contribution in [0.2, 0.25) is 0 Å². The molecule has 0 amide bonds. The highest BCUT2D eigenvalue weighted by molar-refractivity contribution is 7.47. The number of hydrogen-bond acceptors (Lipinski definition) is 6. The predicted octanol–water partition coefficient (Wildman–Crippen LogP) is 4.70. The Morgan fingerprint density at radius 3 is 1.94 bits per heavy atom. The van der Waals surface area contributed by atoms with Crippen LogP contribution in [0, 0.1) is 0 Å². The van der Waals surface area contributed by atoms with Gasteiger partial charge in [0.2, 0.25) is 0 Å². The van der Waals surface area contributed by atoms with Crippen LogP contribution < -0.4 is 0 Å². The van der Waals surface area contributed by atoms with E-state index in [1.165, 1.54) is 58.3 Å². The van der Waals surface area contributed by atoms with Gasteiger partial charge in [-0.25, -0.2) is 4.57 Å². The van der Waals surface area contributed by atoms with Crippen molar-refractivity contribution >= 4 is 13.8 Å². The van der Waals surface area contributed by atoms with Crippen molar-refractivity contribution in [2.24, 2.45) is 0 Å². The molecule has 0 rings (SSSR count). The Labute approximate surface area is 189 Å². The Kier molecular flexibility index (Phi) is 17.7. The molecule has 0 aliphatic carbocycles. The number of unbranched alkanes of at least 4 members (excludes halogenated alkanes) is 9. The number of carbonyl (C=O) groups is 1. The molecule has 0 radical (unpaired) electrons. The van der Waals surface area contributed by atoms with E-state index in [9.17, 15) is 14.3 Å². The molecule has 0 saturated heterocycles. The van der Waals surface area contributed by atoms with Crippen molar-refractivity contribution in [3.8, 4) is 0 Å². The Morgan fingerprint density at radius 2 is 1.42 bits per heavy atom. The second-order valence-corrected chi connectivity index (χ2v) is 10.6.